The van der Waals surface area contributed by atoms with E-state index in [0.717, 1.165) is 30.8 Å². The molecule has 1 saturated heterocycles. The zero-order chi connectivity index (χ0) is 19.2. The van der Waals surface area contributed by atoms with Gasteiger partial charge in [-0.3, -0.25) is 4.79 Å². The van der Waals surface area contributed by atoms with E-state index in [1.165, 1.54) is 18.4 Å². The standard InChI is InChI=1S/C22H29N3O2/c1-3-17-7-10-19(11-8-17)27-15-22(26)24-20-14-18(23)9-12-21(20)25-13-5-4-6-16(25)2/h7-12,14,16H,3-6,13,15,23H2,1-2H3,(H,24,26). The van der Waals surface area contributed by atoms with Crippen molar-refractivity contribution in [2.75, 3.05) is 29.1 Å². The Labute approximate surface area is 161 Å². The molecule has 2 aromatic rings. The van der Waals surface area contributed by atoms with Crippen molar-refractivity contribution in [3.63, 3.8) is 0 Å². The molecule has 144 valence electrons. The molecule has 27 heavy (non-hydrogen) atoms. The first-order chi connectivity index (χ1) is 13.1. The first-order valence-corrected chi connectivity index (χ1v) is 9.74. The fourth-order valence-electron chi connectivity index (χ4n) is 3.52. The third-order valence-electron chi connectivity index (χ3n) is 5.11. The molecule has 1 heterocycles. The Morgan fingerprint density at radius 2 is 2.00 bits per heavy atom. The van der Waals surface area contributed by atoms with E-state index in [2.05, 4.69) is 24.1 Å². The predicted molar refractivity (Wildman–Crippen MR) is 111 cm³/mol. The van der Waals surface area contributed by atoms with E-state index in [1.54, 1.807) is 0 Å². The number of anilines is 3. The van der Waals surface area contributed by atoms with Gasteiger partial charge in [-0.1, -0.05) is 19.1 Å². The lowest BCUT2D eigenvalue weighted by Gasteiger charge is -2.36. The molecule has 3 N–H and O–H groups in total. The number of carbonyl (C=O) groups excluding carboxylic acids is 1. The van der Waals surface area contributed by atoms with Gasteiger partial charge in [-0.2, -0.15) is 0 Å². The molecular formula is C22H29N3O2. The molecule has 5 heteroatoms. The average Bonchev–Trinajstić information content (AvgIpc) is 2.68. The average molecular weight is 367 g/mol. The van der Waals surface area contributed by atoms with Crippen LogP contribution in [0, 0.1) is 0 Å². The van der Waals surface area contributed by atoms with Gasteiger partial charge in [0.25, 0.3) is 5.91 Å². The molecule has 1 amide bonds. The lowest BCUT2D eigenvalue weighted by Crippen LogP contribution is -2.38. The van der Waals surface area contributed by atoms with E-state index in [4.69, 9.17) is 10.5 Å². The normalized spacial score (nSPS) is 16.8. The van der Waals surface area contributed by atoms with Crippen LogP contribution in [0.2, 0.25) is 0 Å². The van der Waals surface area contributed by atoms with Crippen LogP contribution in [0.25, 0.3) is 0 Å². The Hall–Kier alpha value is -2.69. The molecule has 0 saturated carbocycles. The molecule has 0 spiro atoms. The molecule has 5 nitrogen and oxygen atoms in total. The number of ether oxygens (including phenoxy) is 1. The van der Waals surface area contributed by atoms with Gasteiger partial charge in [0.05, 0.1) is 11.4 Å². The smallest absolute Gasteiger partial charge is 0.262 e. The van der Waals surface area contributed by atoms with Crippen LogP contribution in [0.1, 0.15) is 38.7 Å². The van der Waals surface area contributed by atoms with Crippen molar-refractivity contribution in [3.05, 3.63) is 48.0 Å². The first-order valence-electron chi connectivity index (χ1n) is 9.74. The summed E-state index contributed by atoms with van der Waals surface area (Å²) in [6.45, 7) is 5.29. The number of piperidine rings is 1. The molecular weight excluding hydrogens is 338 g/mol. The molecule has 1 fully saturated rings. The van der Waals surface area contributed by atoms with Gasteiger partial charge in [-0.05, 0) is 68.5 Å². The maximum Gasteiger partial charge on any atom is 0.262 e. The number of rotatable bonds is 6. The Bertz CT molecular complexity index is 774. The Kier molecular flexibility index (Phi) is 6.22. The summed E-state index contributed by atoms with van der Waals surface area (Å²) in [5, 5.41) is 2.98. The van der Waals surface area contributed by atoms with E-state index in [9.17, 15) is 4.79 Å². The maximum atomic E-state index is 12.4. The van der Waals surface area contributed by atoms with Crippen LogP contribution in [0.5, 0.6) is 5.75 Å². The zero-order valence-electron chi connectivity index (χ0n) is 16.2. The van der Waals surface area contributed by atoms with Gasteiger partial charge in [0.15, 0.2) is 6.61 Å². The second kappa shape index (κ2) is 8.80. The largest absolute Gasteiger partial charge is 0.484 e. The highest BCUT2D eigenvalue weighted by atomic mass is 16.5. The number of carbonyl (C=O) groups is 1. The van der Waals surface area contributed by atoms with Gasteiger partial charge in [0, 0.05) is 18.3 Å². The molecule has 0 bridgehead atoms. The number of nitrogens with one attached hydrogen (secondary N) is 1. The van der Waals surface area contributed by atoms with E-state index in [1.807, 2.05) is 42.5 Å². The van der Waals surface area contributed by atoms with Crippen LogP contribution < -0.4 is 20.7 Å². The van der Waals surface area contributed by atoms with Crippen LogP contribution in [-0.4, -0.2) is 25.1 Å². The lowest BCUT2D eigenvalue weighted by atomic mass is 10.0. The highest BCUT2D eigenvalue weighted by Gasteiger charge is 2.21. The first kappa shape index (κ1) is 19.1. The van der Waals surface area contributed by atoms with E-state index in [0.29, 0.717) is 17.5 Å². The summed E-state index contributed by atoms with van der Waals surface area (Å²) in [4.78, 5) is 14.8. The SMILES string of the molecule is CCc1ccc(OCC(=O)Nc2cc(N)ccc2N2CCCCC2C)cc1. The highest BCUT2D eigenvalue weighted by molar-refractivity contribution is 5.96. The van der Waals surface area contributed by atoms with Crippen LogP contribution in [0.3, 0.4) is 0 Å². The van der Waals surface area contributed by atoms with E-state index >= 15 is 0 Å². The summed E-state index contributed by atoms with van der Waals surface area (Å²) in [6, 6.07) is 14.0. The van der Waals surface area contributed by atoms with Crippen molar-refractivity contribution in [2.45, 2.75) is 45.6 Å². The minimum absolute atomic E-state index is 0.0325. The summed E-state index contributed by atoms with van der Waals surface area (Å²) in [5.41, 5.74) is 9.61. The highest BCUT2D eigenvalue weighted by Crippen LogP contribution is 2.33. The fourth-order valence-corrected chi connectivity index (χ4v) is 3.52. The van der Waals surface area contributed by atoms with Crippen LogP contribution in [-0.2, 0) is 11.2 Å². The summed E-state index contributed by atoms with van der Waals surface area (Å²) in [7, 11) is 0. The predicted octanol–water partition coefficient (Wildman–Crippen LogP) is 4.23. The lowest BCUT2D eigenvalue weighted by molar-refractivity contribution is -0.118. The third-order valence-corrected chi connectivity index (χ3v) is 5.11. The van der Waals surface area contributed by atoms with Crippen LogP contribution >= 0.6 is 0 Å². The second-order valence-corrected chi connectivity index (χ2v) is 7.15. The topological polar surface area (TPSA) is 67.6 Å². The Morgan fingerprint density at radius 1 is 1.22 bits per heavy atom. The van der Waals surface area contributed by atoms with Crippen LogP contribution in [0.15, 0.2) is 42.5 Å². The zero-order valence-corrected chi connectivity index (χ0v) is 16.2. The van der Waals surface area contributed by atoms with Crippen LogP contribution in [0.4, 0.5) is 17.1 Å². The minimum atomic E-state index is -0.189. The molecule has 3 rings (SSSR count). The molecule has 2 aromatic carbocycles. The third kappa shape index (κ3) is 4.94. The molecule has 1 unspecified atom stereocenters. The van der Waals surface area contributed by atoms with Crippen molar-refractivity contribution in [1.82, 2.24) is 0 Å². The Balaban J connectivity index is 1.66. The molecule has 1 aliphatic heterocycles. The van der Waals surface area contributed by atoms with Gasteiger partial charge in [0.2, 0.25) is 0 Å². The molecule has 1 atom stereocenters. The molecule has 0 radical (unpaired) electrons. The quantitative estimate of drug-likeness (QED) is 0.750. The summed E-state index contributed by atoms with van der Waals surface area (Å²) >= 11 is 0. The number of benzene rings is 2. The van der Waals surface area contributed by atoms with Crippen molar-refractivity contribution in [1.29, 1.82) is 0 Å². The van der Waals surface area contributed by atoms with Crippen molar-refractivity contribution >= 4 is 23.0 Å². The number of hydrogen-bond acceptors (Lipinski definition) is 4. The summed E-state index contributed by atoms with van der Waals surface area (Å²) in [5.74, 6) is 0.505. The number of nitrogens with zero attached hydrogens (tertiary/aromatic N) is 1. The van der Waals surface area contributed by atoms with Gasteiger partial charge in [-0.25, -0.2) is 0 Å². The van der Waals surface area contributed by atoms with Crippen molar-refractivity contribution < 1.29 is 9.53 Å². The van der Waals surface area contributed by atoms with Crippen molar-refractivity contribution in [3.8, 4) is 5.75 Å². The molecule has 0 aliphatic carbocycles. The number of nitrogens with two attached hydrogens (primary N) is 1. The maximum absolute atomic E-state index is 12.4. The van der Waals surface area contributed by atoms with Gasteiger partial charge in [0.1, 0.15) is 5.75 Å². The van der Waals surface area contributed by atoms with Gasteiger partial charge >= 0.3 is 0 Å². The number of amides is 1. The Morgan fingerprint density at radius 3 is 2.70 bits per heavy atom. The van der Waals surface area contributed by atoms with E-state index in [-0.39, 0.29) is 12.5 Å². The monoisotopic (exact) mass is 367 g/mol. The summed E-state index contributed by atoms with van der Waals surface area (Å²) in [6.07, 6.45) is 4.56. The minimum Gasteiger partial charge on any atom is -0.484 e. The van der Waals surface area contributed by atoms with Gasteiger partial charge in [-0.15, -0.1) is 0 Å². The second-order valence-electron chi connectivity index (χ2n) is 7.15. The number of aryl methyl sites for hydroxylation is 1. The van der Waals surface area contributed by atoms with Gasteiger partial charge < -0.3 is 20.7 Å². The molecule has 0 aromatic heterocycles. The summed E-state index contributed by atoms with van der Waals surface area (Å²) < 4.78 is 5.62. The van der Waals surface area contributed by atoms with E-state index < -0.39 is 0 Å². The van der Waals surface area contributed by atoms with Crippen molar-refractivity contribution in [2.24, 2.45) is 0 Å². The molecule has 1 aliphatic rings. The number of hydrogen-bond donors (Lipinski definition) is 2. The fraction of sp³-hybridized carbons (Fsp3) is 0.409. The number of nitrogen functional groups attached to an aromatic ring is 1.